The van der Waals surface area contributed by atoms with Gasteiger partial charge in [-0.05, 0) is 0 Å². The highest BCUT2D eigenvalue weighted by Gasteiger charge is 2.00. The molecule has 20 heavy (non-hydrogen) atoms. The number of rotatable bonds is 0. The molecule has 0 atom stereocenters. The lowest BCUT2D eigenvalue weighted by molar-refractivity contribution is 0.275. The predicted molar refractivity (Wildman–Crippen MR) is 63.4 cm³/mol. The van der Waals surface area contributed by atoms with Crippen LogP contribution in [0.4, 0.5) is 0 Å². The van der Waals surface area contributed by atoms with Crippen LogP contribution >= 0.6 is 7.82 Å². The molecule has 14 heteroatoms. The first-order chi connectivity index (χ1) is 9.50. The Morgan fingerprint density at radius 1 is 0.700 bits per heavy atom. The monoisotopic (exact) mass is 305 g/mol. The Bertz CT molecular complexity index is 384. The van der Waals surface area contributed by atoms with Crippen molar-refractivity contribution in [1.82, 2.24) is 45.5 Å². The molecule has 3 aromatic heterocycles. The van der Waals surface area contributed by atoms with E-state index < -0.39 is 7.82 Å². The van der Waals surface area contributed by atoms with Gasteiger partial charge in [0.1, 0.15) is 38.0 Å². The molecular weight excluding hydrogens is 293 g/mol. The summed E-state index contributed by atoms with van der Waals surface area (Å²) in [5, 5.41) is 18.0. The summed E-state index contributed by atoms with van der Waals surface area (Å²) in [5.74, 6) is 0. The van der Waals surface area contributed by atoms with Gasteiger partial charge in [-0.2, -0.15) is 15.3 Å². The highest BCUT2D eigenvalue weighted by atomic mass is 31.2. The van der Waals surface area contributed by atoms with Crippen LogP contribution in [0, 0.1) is 0 Å². The third-order valence-corrected chi connectivity index (χ3v) is 0.994. The van der Waals surface area contributed by atoms with Crippen molar-refractivity contribution in [3.63, 3.8) is 0 Å². The van der Waals surface area contributed by atoms with E-state index in [0.717, 1.165) is 0 Å². The molecule has 13 nitrogen and oxygen atoms in total. The highest BCUT2D eigenvalue weighted by molar-refractivity contribution is 7.45. The maximum atomic E-state index is 8.88. The topological polar surface area (TPSA) is 202 Å². The van der Waals surface area contributed by atoms with Crippen molar-refractivity contribution in [3.05, 3.63) is 38.0 Å². The third kappa shape index (κ3) is 20.9. The summed E-state index contributed by atoms with van der Waals surface area (Å²) in [4.78, 5) is 32.2. The SMILES string of the molecule is O=P(O)(O)O.c1nc[nH]n1.c1nc[nH]n1.c1nc[nH]n1. The average molecular weight is 305 g/mol. The van der Waals surface area contributed by atoms with Gasteiger partial charge in [-0.1, -0.05) is 0 Å². The van der Waals surface area contributed by atoms with Crippen molar-refractivity contribution < 1.29 is 19.2 Å². The van der Waals surface area contributed by atoms with Gasteiger partial charge in [0, 0.05) is 0 Å². The van der Waals surface area contributed by atoms with Crippen molar-refractivity contribution in [2.24, 2.45) is 0 Å². The number of nitrogens with one attached hydrogen (secondary N) is 3. The first-order valence-electron chi connectivity index (χ1n) is 4.64. The minimum absolute atomic E-state index is 1.44. The number of aromatic amines is 3. The Balaban J connectivity index is 0.000000241. The second kappa shape index (κ2) is 11.6. The minimum atomic E-state index is -4.64. The van der Waals surface area contributed by atoms with Crippen LogP contribution < -0.4 is 0 Å². The van der Waals surface area contributed by atoms with Crippen LogP contribution in [-0.4, -0.2) is 60.2 Å². The minimum Gasteiger partial charge on any atom is -0.303 e. The third-order valence-electron chi connectivity index (χ3n) is 0.994. The van der Waals surface area contributed by atoms with Crippen LogP contribution in [0.25, 0.3) is 0 Å². The van der Waals surface area contributed by atoms with Gasteiger partial charge in [-0.25, -0.2) is 19.5 Å². The normalized spacial score (nSPS) is 8.95. The molecule has 6 N–H and O–H groups in total. The second-order valence-corrected chi connectivity index (χ2v) is 3.50. The summed E-state index contributed by atoms with van der Waals surface area (Å²) in [7, 11) is -4.64. The molecule has 0 fully saturated rings. The number of nitrogens with zero attached hydrogens (tertiary/aromatic N) is 6. The van der Waals surface area contributed by atoms with Crippen LogP contribution in [0.1, 0.15) is 0 Å². The standard InChI is InChI=1S/3C2H3N3.H3O4P/c3*1-3-2-5-4-1;1-5(2,3)4/h3*1-2H,(H,3,4,5);(H3,1,2,3,4). The fourth-order valence-corrected chi connectivity index (χ4v) is 0.500. The molecule has 110 valence electrons. The van der Waals surface area contributed by atoms with Gasteiger partial charge >= 0.3 is 7.82 Å². The lowest BCUT2D eigenvalue weighted by atomic mass is 11.3. The van der Waals surface area contributed by atoms with Crippen LogP contribution in [0.2, 0.25) is 0 Å². The van der Waals surface area contributed by atoms with E-state index in [1.807, 2.05) is 0 Å². The number of hydrogen-bond donors (Lipinski definition) is 6. The molecule has 0 amide bonds. The van der Waals surface area contributed by atoms with Crippen molar-refractivity contribution in [2.75, 3.05) is 0 Å². The smallest absolute Gasteiger partial charge is 0.303 e. The average Bonchev–Trinajstić information content (AvgIpc) is 3.17. The first-order valence-corrected chi connectivity index (χ1v) is 6.21. The zero-order valence-electron chi connectivity index (χ0n) is 9.84. The lowest BCUT2D eigenvalue weighted by Gasteiger charge is -1.82. The van der Waals surface area contributed by atoms with Crippen molar-refractivity contribution in [1.29, 1.82) is 0 Å². The van der Waals surface area contributed by atoms with E-state index in [-0.39, 0.29) is 0 Å². The fourth-order valence-electron chi connectivity index (χ4n) is 0.500. The molecule has 0 saturated heterocycles. The van der Waals surface area contributed by atoms with Gasteiger partial charge in [0.05, 0.1) is 0 Å². The molecule has 0 aromatic carbocycles. The summed E-state index contributed by atoms with van der Waals surface area (Å²) < 4.78 is 8.88. The van der Waals surface area contributed by atoms with E-state index >= 15 is 0 Å². The molecule has 0 aliphatic rings. The second-order valence-electron chi connectivity index (χ2n) is 2.47. The molecule has 0 bridgehead atoms. The van der Waals surface area contributed by atoms with Crippen molar-refractivity contribution in [2.45, 2.75) is 0 Å². The van der Waals surface area contributed by atoms with Gasteiger partial charge < -0.3 is 14.7 Å². The van der Waals surface area contributed by atoms with Crippen LogP contribution in [0.15, 0.2) is 38.0 Å². The Hall–Kier alpha value is -2.47. The number of phosphoric acid groups is 1. The maximum Gasteiger partial charge on any atom is 0.466 e. The van der Waals surface area contributed by atoms with Gasteiger partial charge in [-0.15, -0.1) is 0 Å². The molecule has 3 aromatic rings. The van der Waals surface area contributed by atoms with Crippen molar-refractivity contribution >= 4 is 7.82 Å². The number of hydrogen-bond acceptors (Lipinski definition) is 7. The zero-order valence-corrected chi connectivity index (χ0v) is 10.7. The van der Waals surface area contributed by atoms with Gasteiger partial charge in [0.2, 0.25) is 0 Å². The van der Waals surface area contributed by atoms with Gasteiger partial charge in [-0.3, -0.25) is 15.3 Å². The Labute approximate surface area is 111 Å². The molecular formula is C6H12N9O4P. The number of aromatic nitrogens is 9. The molecule has 0 saturated carbocycles. The van der Waals surface area contributed by atoms with E-state index in [1.54, 1.807) is 0 Å². The van der Waals surface area contributed by atoms with Crippen LogP contribution in [0.3, 0.4) is 0 Å². The molecule has 3 rings (SSSR count). The molecule has 3 heterocycles. The quantitative estimate of drug-likeness (QED) is 0.265. The fraction of sp³-hybridized carbons (Fsp3) is 0. The van der Waals surface area contributed by atoms with E-state index in [0.29, 0.717) is 0 Å². The molecule has 0 unspecified atom stereocenters. The number of H-pyrrole nitrogens is 3. The zero-order chi connectivity index (χ0) is 15.1. The van der Waals surface area contributed by atoms with Crippen LogP contribution in [0.5, 0.6) is 0 Å². The van der Waals surface area contributed by atoms with E-state index in [2.05, 4.69) is 45.5 Å². The summed E-state index contributed by atoms with van der Waals surface area (Å²) in [6.07, 6.45) is 8.88. The Morgan fingerprint density at radius 3 is 1.00 bits per heavy atom. The predicted octanol–water partition coefficient (Wildman–Crippen LogP) is -1.51. The summed E-state index contributed by atoms with van der Waals surface area (Å²) in [5.41, 5.74) is 0. The van der Waals surface area contributed by atoms with Gasteiger partial charge in [0.25, 0.3) is 0 Å². The van der Waals surface area contributed by atoms with Crippen molar-refractivity contribution in [3.8, 4) is 0 Å². The molecule has 0 aliphatic carbocycles. The van der Waals surface area contributed by atoms with Crippen LogP contribution in [-0.2, 0) is 4.57 Å². The molecule has 0 spiro atoms. The van der Waals surface area contributed by atoms with E-state index in [4.69, 9.17) is 19.2 Å². The molecule has 0 aliphatic heterocycles. The van der Waals surface area contributed by atoms with E-state index in [9.17, 15) is 0 Å². The summed E-state index contributed by atoms with van der Waals surface area (Å²) >= 11 is 0. The maximum absolute atomic E-state index is 8.88. The lowest BCUT2D eigenvalue weighted by Crippen LogP contribution is -1.66. The molecule has 0 radical (unpaired) electrons. The Kier molecular flexibility index (Phi) is 10.2. The summed E-state index contributed by atoms with van der Waals surface area (Å²) in [6, 6.07) is 0. The Morgan fingerprint density at radius 2 is 0.950 bits per heavy atom. The van der Waals surface area contributed by atoms with Gasteiger partial charge in [0.15, 0.2) is 0 Å². The van der Waals surface area contributed by atoms with E-state index in [1.165, 1.54) is 38.0 Å². The largest absolute Gasteiger partial charge is 0.466 e. The highest BCUT2D eigenvalue weighted by Crippen LogP contribution is 2.25. The summed E-state index contributed by atoms with van der Waals surface area (Å²) in [6.45, 7) is 0. The first kappa shape index (κ1) is 17.5.